The number of halogens is 1. The van der Waals surface area contributed by atoms with Gasteiger partial charge in [0.05, 0.1) is 18.7 Å². The van der Waals surface area contributed by atoms with Crippen LogP contribution in [0.5, 0.6) is 0 Å². The average molecular weight is 458 g/mol. The molecule has 2 heterocycles. The molecule has 1 fully saturated rings. The van der Waals surface area contributed by atoms with Crippen molar-refractivity contribution in [3.05, 3.63) is 63.7 Å². The third-order valence-electron chi connectivity index (χ3n) is 5.79. The molecular formula is C24H28FN3O5. The van der Waals surface area contributed by atoms with Crippen LogP contribution >= 0.6 is 0 Å². The summed E-state index contributed by atoms with van der Waals surface area (Å²) in [5.74, 6) is -3.02. The van der Waals surface area contributed by atoms with Crippen molar-refractivity contribution in [2.75, 3.05) is 34.3 Å². The summed E-state index contributed by atoms with van der Waals surface area (Å²) >= 11 is 0. The van der Waals surface area contributed by atoms with E-state index < -0.39 is 29.5 Å². The maximum atomic E-state index is 13.6. The fourth-order valence-electron chi connectivity index (χ4n) is 4.21. The number of ether oxygens (including phenoxy) is 1. The molecule has 0 bridgehead atoms. The molecule has 1 saturated heterocycles. The third kappa shape index (κ3) is 4.54. The predicted octanol–water partition coefficient (Wildman–Crippen LogP) is 2.93. The van der Waals surface area contributed by atoms with E-state index in [1.54, 1.807) is 13.8 Å². The molecule has 0 unspecified atom stereocenters. The van der Waals surface area contributed by atoms with Crippen LogP contribution in [-0.2, 0) is 14.3 Å². The number of hydrogen-bond donors (Lipinski definition) is 2. The molecule has 1 aliphatic rings. The zero-order valence-electron chi connectivity index (χ0n) is 19.4. The van der Waals surface area contributed by atoms with Gasteiger partial charge in [0.15, 0.2) is 0 Å². The van der Waals surface area contributed by atoms with E-state index in [0.717, 1.165) is 0 Å². The number of methoxy groups -OCH3 is 1. The number of rotatable bonds is 7. The monoisotopic (exact) mass is 457 g/mol. The average Bonchev–Trinajstić information content (AvgIpc) is 3.20. The molecule has 1 amide bonds. The molecule has 176 valence electrons. The summed E-state index contributed by atoms with van der Waals surface area (Å²) in [4.78, 5) is 44.4. The molecule has 0 saturated carbocycles. The third-order valence-corrected chi connectivity index (χ3v) is 5.79. The molecule has 1 atom stereocenters. The first kappa shape index (κ1) is 24.2. The van der Waals surface area contributed by atoms with Crippen LogP contribution in [0.15, 0.2) is 29.8 Å². The minimum Gasteiger partial charge on any atom is -0.507 e. The number of aryl methyl sites for hydroxylation is 1. The highest BCUT2D eigenvalue weighted by Crippen LogP contribution is 2.41. The van der Waals surface area contributed by atoms with Gasteiger partial charge in [0.25, 0.3) is 11.7 Å². The number of nitrogens with zero attached hydrogens (tertiary/aromatic N) is 2. The van der Waals surface area contributed by atoms with Crippen LogP contribution in [0.2, 0.25) is 0 Å². The minimum absolute atomic E-state index is 0.0990. The van der Waals surface area contributed by atoms with Crippen LogP contribution in [0.25, 0.3) is 5.76 Å². The molecule has 0 aliphatic carbocycles. The first-order chi connectivity index (χ1) is 15.6. The summed E-state index contributed by atoms with van der Waals surface area (Å²) in [6.45, 7) is 4.23. The van der Waals surface area contributed by atoms with Crippen molar-refractivity contribution in [1.29, 1.82) is 0 Å². The van der Waals surface area contributed by atoms with Gasteiger partial charge in [-0.1, -0.05) is 12.1 Å². The quantitative estimate of drug-likeness (QED) is 0.287. The van der Waals surface area contributed by atoms with Crippen molar-refractivity contribution in [2.45, 2.75) is 26.3 Å². The lowest BCUT2D eigenvalue weighted by Gasteiger charge is -2.26. The second kappa shape index (κ2) is 9.58. The Kier molecular flexibility index (Phi) is 7.02. The van der Waals surface area contributed by atoms with E-state index in [9.17, 15) is 23.9 Å². The summed E-state index contributed by atoms with van der Waals surface area (Å²) < 4.78 is 18.4. The van der Waals surface area contributed by atoms with Gasteiger partial charge in [-0.15, -0.1) is 0 Å². The number of nitrogens with one attached hydrogen (secondary N) is 1. The van der Waals surface area contributed by atoms with Gasteiger partial charge in [0.1, 0.15) is 17.3 Å². The van der Waals surface area contributed by atoms with Crippen molar-refractivity contribution in [3.63, 3.8) is 0 Å². The lowest BCUT2D eigenvalue weighted by Crippen LogP contribution is -2.32. The number of Topliss-reactive ketones (excluding diaryl/α,β-unsaturated/α-hetero) is 1. The van der Waals surface area contributed by atoms with Gasteiger partial charge in [-0.05, 0) is 64.2 Å². The number of likely N-dealkylation sites (tertiary alicyclic amines) is 1. The van der Waals surface area contributed by atoms with E-state index >= 15 is 0 Å². The number of aliphatic hydroxyl groups is 1. The smallest absolute Gasteiger partial charge is 0.354 e. The number of ketones is 1. The number of carbonyl (C=O) groups excluding carboxylic acids is 3. The van der Waals surface area contributed by atoms with Crippen LogP contribution in [0.1, 0.15) is 45.3 Å². The van der Waals surface area contributed by atoms with E-state index in [0.29, 0.717) is 29.8 Å². The van der Waals surface area contributed by atoms with Gasteiger partial charge in [0, 0.05) is 17.8 Å². The number of aromatic amines is 1. The Morgan fingerprint density at radius 2 is 1.85 bits per heavy atom. The van der Waals surface area contributed by atoms with Gasteiger partial charge >= 0.3 is 5.97 Å². The molecule has 3 rings (SSSR count). The Balaban J connectivity index is 2.17. The van der Waals surface area contributed by atoms with Crippen LogP contribution in [0.3, 0.4) is 0 Å². The molecule has 0 radical (unpaired) electrons. The lowest BCUT2D eigenvalue weighted by atomic mass is 9.94. The molecule has 9 heteroatoms. The number of carbonyl (C=O) groups is 3. The van der Waals surface area contributed by atoms with Crippen LogP contribution in [0.4, 0.5) is 4.39 Å². The molecule has 1 aromatic heterocycles. The van der Waals surface area contributed by atoms with Gasteiger partial charge in [-0.25, -0.2) is 9.18 Å². The van der Waals surface area contributed by atoms with E-state index in [1.807, 2.05) is 19.0 Å². The summed E-state index contributed by atoms with van der Waals surface area (Å²) in [6.07, 6.45) is 0.604. The van der Waals surface area contributed by atoms with E-state index in [4.69, 9.17) is 4.74 Å². The first-order valence-corrected chi connectivity index (χ1v) is 10.5. The van der Waals surface area contributed by atoms with Crippen molar-refractivity contribution in [3.8, 4) is 0 Å². The molecule has 0 spiro atoms. The fourth-order valence-corrected chi connectivity index (χ4v) is 4.21. The van der Waals surface area contributed by atoms with E-state index in [-0.39, 0.29) is 29.1 Å². The molecule has 1 aromatic carbocycles. The predicted molar refractivity (Wildman–Crippen MR) is 120 cm³/mol. The van der Waals surface area contributed by atoms with Gasteiger partial charge in [-0.3, -0.25) is 9.59 Å². The maximum Gasteiger partial charge on any atom is 0.354 e. The number of aromatic nitrogens is 1. The topological polar surface area (TPSA) is 103 Å². The Hall–Kier alpha value is -3.46. The van der Waals surface area contributed by atoms with Crippen LogP contribution < -0.4 is 0 Å². The van der Waals surface area contributed by atoms with Gasteiger partial charge in [0.2, 0.25) is 0 Å². The summed E-state index contributed by atoms with van der Waals surface area (Å²) in [5.41, 5.74) is 1.65. The Bertz CT molecular complexity index is 1120. The number of benzene rings is 1. The highest BCUT2D eigenvalue weighted by molar-refractivity contribution is 6.46. The van der Waals surface area contributed by atoms with Crippen molar-refractivity contribution < 1.29 is 28.6 Å². The highest BCUT2D eigenvalue weighted by Gasteiger charge is 2.46. The fraction of sp³-hybridized carbons (Fsp3) is 0.375. The molecule has 8 nitrogen and oxygen atoms in total. The van der Waals surface area contributed by atoms with Crippen molar-refractivity contribution in [1.82, 2.24) is 14.8 Å². The minimum atomic E-state index is -0.886. The molecular weight excluding hydrogens is 429 g/mol. The van der Waals surface area contributed by atoms with Crippen molar-refractivity contribution in [2.24, 2.45) is 0 Å². The molecule has 33 heavy (non-hydrogen) atoms. The zero-order valence-corrected chi connectivity index (χ0v) is 19.4. The molecule has 1 aliphatic heterocycles. The standard InChI is InChI=1S/C24H28FN3O5/c1-13-17(14(2)26-19(13)24(32)33-5)21(29)18-20(15-7-9-16(25)10-8-15)28(23(31)22(18)30)12-6-11-27(3)4/h7-10,20,26,29H,6,11-12H2,1-5H3/b21-18+/t20-/m0/s1. The summed E-state index contributed by atoms with van der Waals surface area (Å²) in [7, 11) is 5.05. The summed E-state index contributed by atoms with van der Waals surface area (Å²) in [6, 6.07) is 4.60. The number of aliphatic hydroxyl groups excluding tert-OH is 1. The maximum absolute atomic E-state index is 13.6. The zero-order chi connectivity index (χ0) is 24.4. The van der Waals surface area contributed by atoms with Crippen molar-refractivity contribution >= 4 is 23.4 Å². The first-order valence-electron chi connectivity index (χ1n) is 10.5. The van der Waals surface area contributed by atoms with E-state index in [2.05, 4.69) is 4.98 Å². The van der Waals surface area contributed by atoms with Crippen LogP contribution in [-0.4, -0.2) is 71.8 Å². The number of hydrogen-bond acceptors (Lipinski definition) is 6. The Morgan fingerprint density at radius 1 is 1.21 bits per heavy atom. The Morgan fingerprint density at radius 3 is 2.42 bits per heavy atom. The lowest BCUT2D eigenvalue weighted by molar-refractivity contribution is -0.139. The largest absolute Gasteiger partial charge is 0.507 e. The second-order valence-electron chi connectivity index (χ2n) is 8.32. The highest BCUT2D eigenvalue weighted by atomic mass is 19.1. The normalized spacial score (nSPS) is 17.8. The second-order valence-corrected chi connectivity index (χ2v) is 8.32. The van der Waals surface area contributed by atoms with E-state index in [1.165, 1.54) is 36.3 Å². The number of H-pyrrole nitrogens is 1. The molecule has 2 N–H and O–H groups in total. The molecule has 2 aromatic rings. The van der Waals surface area contributed by atoms with Gasteiger partial charge < -0.3 is 24.6 Å². The van der Waals surface area contributed by atoms with Crippen LogP contribution in [0, 0.1) is 19.7 Å². The SMILES string of the molecule is COC(=O)c1[nH]c(C)c(/C(O)=C2\C(=O)C(=O)N(CCCN(C)C)[C@H]2c2ccc(F)cc2)c1C. The number of esters is 1. The Labute approximate surface area is 191 Å². The summed E-state index contributed by atoms with van der Waals surface area (Å²) in [5, 5.41) is 11.3. The van der Waals surface area contributed by atoms with Gasteiger partial charge in [-0.2, -0.15) is 0 Å². The number of amides is 1.